The largest absolute Gasteiger partial charge is 0.416 e. The van der Waals surface area contributed by atoms with Crippen molar-refractivity contribution in [3.05, 3.63) is 89.5 Å². The second kappa shape index (κ2) is 9.77. The standard InChI is InChI=1S/C25H24F3N3O2/c1-15(2)22(16-6-4-3-5-7-16)24(33)30-19-11-8-17(9-12-19)23(32)31-21-13-10-18(14-20(21)29)25(26,27)28/h3-15,22H,29H2,1-2H3,(H,30,33)(H,31,32)/t22-/m1/s1. The first-order valence-corrected chi connectivity index (χ1v) is 10.3. The summed E-state index contributed by atoms with van der Waals surface area (Å²) in [6.07, 6.45) is -4.52. The number of nitrogens with one attached hydrogen (secondary N) is 2. The molecule has 0 aliphatic heterocycles. The quantitative estimate of drug-likeness (QED) is 0.404. The smallest absolute Gasteiger partial charge is 0.397 e. The lowest BCUT2D eigenvalue weighted by molar-refractivity contribution is -0.137. The minimum atomic E-state index is -4.52. The van der Waals surface area contributed by atoms with Crippen LogP contribution >= 0.6 is 0 Å². The van der Waals surface area contributed by atoms with Crippen molar-refractivity contribution >= 4 is 28.9 Å². The van der Waals surface area contributed by atoms with E-state index < -0.39 is 17.6 Å². The molecule has 0 spiro atoms. The molecule has 3 aromatic carbocycles. The maximum atomic E-state index is 12.9. The van der Waals surface area contributed by atoms with Gasteiger partial charge in [0.1, 0.15) is 0 Å². The van der Waals surface area contributed by atoms with E-state index in [-0.39, 0.29) is 34.7 Å². The Hall–Kier alpha value is -3.81. The van der Waals surface area contributed by atoms with E-state index in [1.807, 2.05) is 44.2 Å². The topological polar surface area (TPSA) is 84.2 Å². The van der Waals surface area contributed by atoms with E-state index in [2.05, 4.69) is 10.6 Å². The van der Waals surface area contributed by atoms with Crippen LogP contribution in [-0.4, -0.2) is 11.8 Å². The molecule has 172 valence electrons. The van der Waals surface area contributed by atoms with Crippen molar-refractivity contribution in [3.63, 3.8) is 0 Å². The van der Waals surface area contributed by atoms with E-state index >= 15 is 0 Å². The van der Waals surface area contributed by atoms with Gasteiger partial charge in [0, 0.05) is 11.3 Å². The zero-order valence-corrected chi connectivity index (χ0v) is 18.1. The fourth-order valence-electron chi connectivity index (χ4n) is 3.47. The number of nitrogens with two attached hydrogens (primary N) is 1. The molecule has 3 rings (SSSR count). The molecule has 0 bridgehead atoms. The van der Waals surface area contributed by atoms with Crippen molar-refractivity contribution in [1.82, 2.24) is 0 Å². The zero-order chi connectivity index (χ0) is 24.2. The Morgan fingerprint density at radius 3 is 2.06 bits per heavy atom. The van der Waals surface area contributed by atoms with Gasteiger partial charge in [-0.05, 0) is 53.9 Å². The van der Waals surface area contributed by atoms with Crippen LogP contribution in [0, 0.1) is 5.92 Å². The molecule has 3 aromatic rings. The molecule has 0 aliphatic carbocycles. The summed E-state index contributed by atoms with van der Waals surface area (Å²) in [6.45, 7) is 3.94. The molecule has 33 heavy (non-hydrogen) atoms. The highest BCUT2D eigenvalue weighted by molar-refractivity contribution is 6.06. The summed E-state index contributed by atoms with van der Waals surface area (Å²) in [5.74, 6) is -0.960. The van der Waals surface area contributed by atoms with E-state index in [9.17, 15) is 22.8 Å². The summed E-state index contributed by atoms with van der Waals surface area (Å²) in [6, 6.07) is 18.4. The molecule has 8 heteroatoms. The molecule has 2 amide bonds. The summed E-state index contributed by atoms with van der Waals surface area (Å²) >= 11 is 0. The predicted molar refractivity (Wildman–Crippen MR) is 123 cm³/mol. The number of anilines is 3. The van der Waals surface area contributed by atoms with Crippen LogP contribution in [0.1, 0.15) is 41.3 Å². The highest BCUT2D eigenvalue weighted by Crippen LogP contribution is 2.33. The molecule has 4 N–H and O–H groups in total. The number of nitrogen functional groups attached to an aromatic ring is 1. The molecule has 0 unspecified atom stereocenters. The molecule has 1 atom stereocenters. The van der Waals surface area contributed by atoms with E-state index in [4.69, 9.17) is 5.73 Å². The first-order valence-electron chi connectivity index (χ1n) is 10.3. The second-order valence-electron chi connectivity index (χ2n) is 7.95. The number of hydrogen-bond acceptors (Lipinski definition) is 3. The number of halogens is 3. The molecule has 0 saturated carbocycles. The average molecular weight is 455 g/mol. The summed E-state index contributed by atoms with van der Waals surface area (Å²) < 4.78 is 38.3. The van der Waals surface area contributed by atoms with E-state index in [0.717, 1.165) is 23.8 Å². The Kier molecular flexibility index (Phi) is 7.06. The Bertz CT molecular complexity index is 1130. The van der Waals surface area contributed by atoms with E-state index in [1.54, 1.807) is 12.1 Å². The van der Waals surface area contributed by atoms with Crippen LogP contribution in [0.5, 0.6) is 0 Å². The number of carbonyl (C=O) groups excluding carboxylic acids is 2. The Morgan fingerprint density at radius 1 is 0.879 bits per heavy atom. The fourth-order valence-corrected chi connectivity index (χ4v) is 3.47. The van der Waals surface area contributed by atoms with Gasteiger partial charge in [-0.1, -0.05) is 44.2 Å². The lowest BCUT2D eigenvalue weighted by Gasteiger charge is -2.21. The van der Waals surface area contributed by atoms with Gasteiger partial charge < -0.3 is 16.4 Å². The van der Waals surface area contributed by atoms with Gasteiger partial charge in [-0.2, -0.15) is 13.2 Å². The predicted octanol–water partition coefficient (Wildman–Crippen LogP) is 5.92. The number of rotatable bonds is 6. The van der Waals surface area contributed by atoms with Gasteiger partial charge >= 0.3 is 6.18 Å². The molecule has 5 nitrogen and oxygen atoms in total. The van der Waals surface area contributed by atoms with Crippen LogP contribution in [0.3, 0.4) is 0 Å². The SMILES string of the molecule is CC(C)[C@@H](C(=O)Nc1ccc(C(=O)Nc2ccc(C(F)(F)F)cc2N)cc1)c1ccccc1. The van der Waals surface area contributed by atoms with Crippen LogP contribution in [0.2, 0.25) is 0 Å². The van der Waals surface area contributed by atoms with Crippen LogP contribution in [0.15, 0.2) is 72.8 Å². The number of carbonyl (C=O) groups is 2. The summed E-state index contributed by atoms with van der Waals surface area (Å²) in [5, 5.41) is 5.37. The van der Waals surface area contributed by atoms with Crippen molar-refractivity contribution in [2.75, 3.05) is 16.4 Å². The first-order chi connectivity index (χ1) is 15.6. The monoisotopic (exact) mass is 455 g/mol. The van der Waals surface area contributed by atoms with Crippen LogP contribution in [0.25, 0.3) is 0 Å². The van der Waals surface area contributed by atoms with Gasteiger partial charge in [0.25, 0.3) is 5.91 Å². The van der Waals surface area contributed by atoms with Gasteiger partial charge in [-0.3, -0.25) is 9.59 Å². The molecule has 0 aromatic heterocycles. The summed E-state index contributed by atoms with van der Waals surface area (Å²) in [7, 11) is 0. The van der Waals surface area contributed by atoms with Gasteiger partial charge in [0.15, 0.2) is 0 Å². The van der Waals surface area contributed by atoms with Crippen molar-refractivity contribution in [3.8, 4) is 0 Å². The number of alkyl halides is 3. The maximum Gasteiger partial charge on any atom is 0.416 e. The van der Waals surface area contributed by atoms with Crippen LogP contribution in [-0.2, 0) is 11.0 Å². The highest BCUT2D eigenvalue weighted by Gasteiger charge is 2.31. The fraction of sp³-hybridized carbons (Fsp3) is 0.200. The Labute approximate surface area is 189 Å². The van der Waals surface area contributed by atoms with Crippen molar-refractivity contribution in [1.29, 1.82) is 0 Å². The third kappa shape index (κ3) is 5.91. The number of amides is 2. The maximum absolute atomic E-state index is 12.9. The molecular weight excluding hydrogens is 431 g/mol. The van der Waals surface area contributed by atoms with E-state index in [0.29, 0.717) is 5.69 Å². The average Bonchev–Trinajstić information content (AvgIpc) is 2.75. The van der Waals surface area contributed by atoms with Gasteiger partial charge in [-0.15, -0.1) is 0 Å². The summed E-state index contributed by atoms with van der Waals surface area (Å²) in [4.78, 5) is 25.4. The van der Waals surface area contributed by atoms with Crippen LogP contribution < -0.4 is 16.4 Å². The lowest BCUT2D eigenvalue weighted by atomic mass is 9.87. The molecule has 0 heterocycles. The first kappa shape index (κ1) is 23.8. The minimum absolute atomic E-state index is 0.0756. The molecule has 0 aliphatic rings. The van der Waals surface area contributed by atoms with Gasteiger partial charge in [0.2, 0.25) is 5.91 Å². The highest BCUT2D eigenvalue weighted by atomic mass is 19.4. The zero-order valence-electron chi connectivity index (χ0n) is 18.1. The third-order valence-electron chi connectivity index (χ3n) is 5.15. The summed E-state index contributed by atoms with van der Waals surface area (Å²) in [5.41, 5.74) is 6.34. The van der Waals surface area contributed by atoms with Crippen molar-refractivity contribution in [2.45, 2.75) is 25.9 Å². The number of benzene rings is 3. The second-order valence-corrected chi connectivity index (χ2v) is 7.95. The molecule has 0 saturated heterocycles. The molecular formula is C25H24F3N3O2. The number of hydrogen-bond donors (Lipinski definition) is 3. The van der Waals surface area contributed by atoms with Crippen molar-refractivity contribution < 1.29 is 22.8 Å². The molecule has 0 radical (unpaired) electrons. The normalized spacial score (nSPS) is 12.3. The minimum Gasteiger partial charge on any atom is -0.397 e. The third-order valence-corrected chi connectivity index (χ3v) is 5.15. The van der Waals surface area contributed by atoms with Crippen LogP contribution in [0.4, 0.5) is 30.2 Å². The Balaban J connectivity index is 1.68. The van der Waals surface area contributed by atoms with E-state index in [1.165, 1.54) is 12.1 Å². The van der Waals surface area contributed by atoms with Crippen molar-refractivity contribution in [2.24, 2.45) is 5.92 Å². The molecule has 0 fully saturated rings. The van der Waals surface area contributed by atoms with Gasteiger partial charge in [-0.25, -0.2) is 0 Å². The Morgan fingerprint density at radius 2 is 1.52 bits per heavy atom. The van der Waals surface area contributed by atoms with Gasteiger partial charge in [0.05, 0.1) is 22.9 Å². The lowest BCUT2D eigenvalue weighted by Crippen LogP contribution is -2.25.